The number of fused-ring (bicyclic) bond motifs is 1. The summed E-state index contributed by atoms with van der Waals surface area (Å²) in [5, 5.41) is 0.406. The van der Waals surface area contributed by atoms with Crippen molar-refractivity contribution in [1.29, 1.82) is 0 Å². The summed E-state index contributed by atoms with van der Waals surface area (Å²) in [6.07, 6.45) is 4.09. The molecule has 0 amide bonds. The molecule has 0 saturated carbocycles. The molecule has 0 saturated heterocycles. The topological polar surface area (TPSA) is 65.5 Å². The Morgan fingerprint density at radius 3 is 2.76 bits per heavy atom. The molecular formula is C24H28FNO3. The van der Waals surface area contributed by atoms with Crippen molar-refractivity contribution >= 4 is 11.0 Å². The predicted molar refractivity (Wildman–Crippen MR) is 114 cm³/mol. The zero-order valence-electron chi connectivity index (χ0n) is 17.0. The first-order valence-electron chi connectivity index (χ1n) is 10.1. The monoisotopic (exact) mass is 397 g/mol. The summed E-state index contributed by atoms with van der Waals surface area (Å²) in [6, 6.07) is 11.7. The summed E-state index contributed by atoms with van der Waals surface area (Å²) >= 11 is 0. The number of halogens is 1. The number of ether oxygens (including phenoxy) is 1. The smallest absolute Gasteiger partial charge is 0.196 e. The summed E-state index contributed by atoms with van der Waals surface area (Å²) in [6.45, 7) is 2.82. The standard InChI is InChI=1S/C24H28FNO3/c1-16(6-3-4-11-26)12-22-21(14-17-7-5-8-19(13-17)28-2)24(27)20-10-9-18(25)15-23(20)29-22/h5,7-10,13,15-16H,3-4,6,11-12,14,26H2,1-2H3. The second-order valence-electron chi connectivity index (χ2n) is 7.60. The number of methoxy groups -OCH3 is 1. The number of unbranched alkanes of at least 4 members (excludes halogenated alkanes) is 1. The fourth-order valence-electron chi connectivity index (χ4n) is 3.64. The molecule has 2 N–H and O–H groups in total. The molecule has 3 aromatic rings. The first-order valence-corrected chi connectivity index (χ1v) is 10.1. The van der Waals surface area contributed by atoms with Crippen molar-refractivity contribution in [3.63, 3.8) is 0 Å². The van der Waals surface area contributed by atoms with Crippen LogP contribution in [0.5, 0.6) is 5.75 Å². The van der Waals surface area contributed by atoms with Crippen LogP contribution in [0.2, 0.25) is 0 Å². The van der Waals surface area contributed by atoms with Crippen LogP contribution in [0.1, 0.15) is 43.1 Å². The van der Waals surface area contributed by atoms with Gasteiger partial charge in [0.2, 0.25) is 0 Å². The predicted octanol–water partition coefficient (Wildman–Crippen LogP) is 4.84. The van der Waals surface area contributed by atoms with Gasteiger partial charge >= 0.3 is 0 Å². The van der Waals surface area contributed by atoms with Crippen molar-refractivity contribution in [3.05, 3.63) is 75.4 Å². The van der Waals surface area contributed by atoms with E-state index in [9.17, 15) is 9.18 Å². The van der Waals surface area contributed by atoms with Crippen LogP contribution in [0.15, 0.2) is 51.7 Å². The van der Waals surface area contributed by atoms with E-state index in [1.54, 1.807) is 7.11 Å². The molecule has 0 aliphatic rings. The van der Waals surface area contributed by atoms with Crippen LogP contribution >= 0.6 is 0 Å². The molecule has 1 atom stereocenters. The molecule has 1 heterocycles. The molecule has 2 aromatic carbocycles. The zero-order chi connectivity index (χ0) is 20.8. The Hall–Kier alpha value is -2.66. The van der Waals surface area contributed by atoms with Gasteiger partial charge in [-0.25, -0.2) is 4.39 Å². The third-order valence-electron chi connectivity index (χ3n) is 5.23. The van der Waals surface area contributed by atoms with Gasteiger partial charge in [-0.1, -0.05) is 31.9 Å². The van der Waals surface area contributed by atoms with Crippen LogP contribution in [-0.2, 0) is 12.8 Å². The van der Waals surface area contributed by atoms with E-state index in [-0.39, 0.29) is 5.43 Å². The summed E-state index contributed by atoms with van der Waals surface area (Å²) in [7, 11) is 1.62. The van der Waals surface area contributed by atoms with Gasteiger partial charge in [-0.05, 0) is 48.7 Å². The average molecular weight is 397 g/mol. The maximum atomic E-state index is 13.7. The number of benzene rings is 2. The van der Waals surface area contributed by atoms with Crippen molar-refractivity contribution in [1.82, 2.24) is 0 Å². The zero-order valence-corrected chi connectivity index (χ0v) is 17.0. The Kier molecular flexibility index (Phi) is 7.04. The van der Waals surface area contributed by atoms with Crippen LogP contribution in [0, 0.1) is 11.7 Å². The van der Waals surface area contributed by atoms with Crippen LogP contribution in [-0.4, -0.2) is 13.7 Å². The molecule has 154 valence electrons. The van der Waals surface area contributed by atoms with Gasteiger partial charge in [0, 0.05) is 24.5 Å². The lowest BCUT2D eigenvalue weighted by Gasteiger charge is -2.15. The molecule has 5 heteroatoms. The molecule has 0 fully saturated rings. The van der Waals surface area contributed by atoms with Crippen LogP contribution in [0.25, 0.3) is 11.0 Å². The Morgan fingerprint density at radius 1 is 1.17 bits per heavy atom. The van der Waals surface area contributed by atoms with E-state index in [0.29, 0.717) is 47.6 Å². The minimum Gasteiger partial charge on any atom is -0.497 e. The number of nitrogens with two attached hydrogens (primary N) is 1. The molecule has 0 spiro atoms. The highest BCUT2D eigenvalue weighted by molar-refractivity contribution is 5.77. The summed E-state index contributed by atoms with van der Waals surface area (Å²) < 4.78 is 25.1. The fourth-order valence-corrected chi connectivity index (χ4v) is 3.64. The maximum Gasteiger partial charge on any atom is 0.196 e. The molecule has 1 unspecified atom stereocenters. The van der Waals surface area contributed by atoms with Crippen molar-refractivity contribution < 1.29 is 13.5 Å². The first kappa shape index (κ1) is 21.1. The van der Waals surface area contributed by atoms with Gasteiger partial charge in [0.05, 0.1) is 12.5 Å². The molecule has 0 aliphatic carbocycles. The van der Waals surface area contributed by atoms with Crippen molar-refractivity contribution in [3.8, 4) is 5.75 Å². The second kappa shape index (κ2) is 9.70. The van der Waals surface area contributed by atoms with Gasteiger partial charge in [-0.2, -0.15) is 0 Å². The minimum absolute atomic E-state index is 0.0989. The Bertz CT molecular complexity index is 1030. The van der Waals surface area contributed by atoms with E-state index >= 15 is 0 Å². The SMILES string of the molecule is COc1cccc(Cc2c(CC(C)CCCCN)oc3cc(F)ccc3c2=O)c1. The molecule has 1 aromatic heterocycles. The number of rotatable bonds is 9. The Balaban J connectivity index is 2.01. The lowest BCUT2D eigenvalue weighted by molar-refractivity contribution is 0.414. The van der Waals surface area contributed by atoms with Gasteiger partial charge in [-0.3, -0.25) is 4.79 Å². The van der Waals surface area contributed by atoms with E-state index in [0.717, 1.165) is 30.6 Å². The van der Waals surface area contributed by atoms with Crippen molar-refractivity contribution in [2.24, 2.45) is 11.7 Å². The third kappa shape index (κ3) is 5.24. The van der Waals surface area contributed by atoms with Gasteiger partial charge in [0.15, 0.2) is 5.43 Å². The maximum absolute atomic E-state index is 13.7. The van der Waals surface area contributed by atoms with E-state index in [1.807, 2.05) is 24.3 Å². The highest BCUT2D eigenvalue weighted by Crippen LogP contribution is 2.24. The lowest BCUT2D eigenvalue weighted by atomic mass is 9.94. The molecule has 0 bridgehead atoms. The quantitative estimate of drug-likeness (QED) is 0.525. The minimum atomic E-state index is -0.414. The molecule has 4 nitrogen and oxygen atoms in total. The van der Waals surface area contributed by atoms with E-state index in [4.69, 9.17) is 14.9 Å². The Labute approximate surface area is 170 Å². The van der Waals surface area contributed by atoms with Gasteiger partial charge < -0.3 is 14.9 Å². The first-order chi connectivity index (χ1) is 14.0. The van der Waals surface area contributed by atoms with Crippen LogP contribution < -0.4 is 15.9 Å². The Morgan fingerprint density at radius 2 is 2.00 bits per heavy atom. The lowest BCUT2D eigenvalue weighted by Crippen LogP contribution is -2.16. The summed E-state index contributed by atoms with van der Waals surface area (Å²) in [5.41, 5.74) is 7.39. The molecular weight excluding hydrogens is 369 g/mol. The van der Waals surface area contributed by atoms with E-state index in [1.165, 1.54) is 18.2 Å². The van der Waals surface area contributed by atoms with Gasteiger partial charge in [0.25, 0.3) is 0 Å². The molecule has 3 rings (SSSR count). The third-order valence-corrected chi connectivity index (χ3v) is 5.23. The van der Waals surface area contributed by atoms with Gasteiger partial charge in [0.1, 0.15) is 22.9 Å². The van der Waals surface area contributed by atoms with Crippen molar-refractivity contribution in [2.45, 2.75) is 39.0 Å². The second-order valence-corrected chi connectivity index (χ2v) is 7.60. The summed E-state index contributed by atoms with van der Waals surface area (Å²) in [5.74, 6) is 1.30. The largest absolute Gasteiger partial charge is 0.497 e. The fraction of sp³-hybridized carbons (Fsp3) is 0.375. The molecule has 29 heavy (non-hydrogen) atoms. The average Bonchev–Trinajstić information content (AvgIpc) is 2.71. The number of hydrogen-bond acceptors (Lipinski definition) is 4. The highest BCUT2D eigenvalue weighted by atomic mass is 19.1. The van der Waals surface area contributed by atoms with Crippen LogP contribution in [0.4, 0.5) is 4.39 Å². The van der Waals surface area contributed by atoms with Crippen LogP contribution in [0.3, 0.4) is 0 Å². The molecule has 0 radical (unpaired) electrons. The molecule has 0 aliphatic heterocycles. The van der Waals surface area contributed by atoms with Gasteiger partial charge in [-0.15, -0.1) is 0 Å². The highest BCUT2D eigenvalue weighted by Gasteiger charge is 2.18. The summed E-state index contributed by atoms with van der Waals surface area (Å²) in [4.78, 5) is 13.2. The van der Waals surface area contributed by atoms with E-state index < -0.39 is 5.82 Å². The number of hydrogen-bond donors (Lipinski definition) is 1. The normalized spacial score (nSPS) is 12.3. The van der Waals surface area contributed by atoms with Crippen molar-refractivity contribution in [2.75, 3.05) is 13.7 Å². The van der Waals surface area contributed by atoms with E-state index in [2.05, 4.69) is 6.92 Å².